The summed E-state index contributed by atoms with van der Waals surface area (Å²) in [6.07, 6.45) is 0. The Morgan fingerprint density at radius 1 is 1.17 bits per heavy atom. The number of benzene rings is 1. The number of alkyl halides is 2. The molecule has 1 aliphatic rings. The lowest BCUT2D eigenvalue weighted by Gasteiger charge is -2.38. The first kappa shape index (κ1) is 28.4. The van der Waals surface area contributed by atoms with Crippen LogP contribution in [0, 0.1) is 10.8 Å². The number of anilines is 2. The van der Waals surface area contributed by atoms with Gasteiger partial charge in [-0.2, -0.15) is 8.78 Å². The van der Waals surface area contributed by atoms with Crippen molar-refractivity contribution in [2.75, 3.05) is 43.1 Å². The fraction of sp³-hybridized carbons (Fsp3) is 0.625. The van der Waals surface area contributed by atoms with Crippen LogP contribution < -0.4 is 20.7 Å². The summed E-state index contributed by atoms with van der Waals surface area (Å²) < 4.78 is 35.9. The second kappa shape index (κ2) is 11.3. The third-order valence-electron chi connectivity index (χ3n) is 4.96. The number of hydrogen-bond donors (Lipinski definition) is 2. The van der Waals surface area contributed by atoms with Crippen molar-refractivity contribution < 1.29 is 32.6 Å². The van der Waals surface area contributed by atoms with Crippen molar-refractivity contribution in [1.29, 1.82) is 0 Å². The molecule has 2 rings (SSSR count). The van der Waals surface area contributed by atoms with Crippen molar-refractivity contribution >= 4 is 29.1 Å². The van der Waals surface area contributed by atoms with Crippen LogP contribution in [0.4, 0.5) is 20.2 Å². The molecule has 0 saturated carbocycles. The number of carbonyl (C=O) groups is 3. The Morgan fingerprint density at radius 2 is 1.77 bits per heavy atom. The molecular weight excluding hydrogens is 462 g/mol. The van der Waals surface area contributed by atoms with Gasteiger partial charge in [0.25, 0.3) is 11.8 Å². The van der Waals surface area contributed by atoms with Gasteiger partial charge in [0.05, 0.1) is 12.3 Å². The van der Waals surface area contributed by atoms with Crippen LogP contribution in [-0.4, -0.2) is 68.1 Å². The largest absolute Gasteiger partial charge is 0.433 e. The molecule has 0 bridgehead atoms. The maximum absolute atomic E-state index is 13.2. The van der Waals surface area contributed by atoms with E-state index in [9.17, 15) is 23.2 Å². The van der Waals surface area contributed by atoms with Gasteiger partial charge in [-0.15, -0.1) is 0 Å². The first-order valence-corrected chi connectivity index (χ1v) is 11.4. The molecule has 1 aliphatic heterocycles. The van der Waals surface area contributed by atoms with Crippen LogP contribution in [0.2, 0.25) is 0 Å². The minimum atomic E-state index is -3.15. The van der Waals surface area contributed by atoms with Gasteiger partial charge in [-0.25, -0.2) is 0 Å². The fourth-order valence-electron chi connectivity index (χ4n) is 3.92. The van der Waals surface area contributed by atoms with E-state index in [-0.39, 0.29) is 47.7 Å². The zero-order chi connectivity index (χ0) is 26.6. The van der Waals surface area contributed by atoms with Gasteiger partial charge in [-0.05, 0) is 23.0 Å². The number of carbonyl (C=O) groups excluding carboxylic acids is 3. The Hall–Kier alpha value is -2.79. The summed E-state index contributed by atoms with van der Waals surface area (Å²) in [5.74, 6) is -2.20. The third kappa shape index (κ3) is 8.74. The molecule has 1 heterocycles. The highest BCUT2D eigenvalue weighted by atomic mass is 19.3. The number of rotatable bonds is 9. The smallest absolute Gasteiger partial charge is 0.387 e. The number of nitrogens with one attached hydrogen (secondary N) is 1. The number of nitrogens with two attached hydrogens (primary N) is 1. The molecule has 0 aliphatic carbocycles. The second-order valence-electron chi connectivity index (χ2n) is 11.0. The summed E-state index contributed by atoms with van der Waals surface area (Å²) >= 11 is 0. The molecule has 0 radical (unpaired) electrons. The fourth-order valence-corrected chi connectivity index (χ4v) is 3.92. The van der Waals surface area contributed by atoms with Gasteiger partial charge in [-0.1, -0.05) is 41.5 Å². The van der Waals surface area contributed by atoms with Crippen LogP contribution in [0.3, 0.4) is 0 Å². The predicted molar refractivity (Wildman–Crippen MR) is 128 cm³/mol. The molecule has 3 N–H and O–H groups in total. The summed E-state index contributed by atoms with van der Waals surface area (Å²) in [5.41, 5.74) is 5.42. The zero-order valence-electron chi connectivity index (χ0n) is 21.2. The lowest BCUT2D eigenvalue weighted by atomic mass is 9.90. The molecule has 0 unspecified atom stereocenters. The Kier molecular flexibility index (Phi) is 9.18. The Balaban J connectivity index is 2.36. The molecule has 1 saturated heterocycles. The van der Waals surface area contributed by atoms with Crippen LogP contribution in [0.5, 0.6) is 5.75 Å². The van der Waals surface area contributed by atoms with Crippen LogP contribution in [0.1, 0.15) is 41.5 Å². The third-order valence-corrected chi connectivity index (χ3v) is 4.96. The normalized spacial score (nSPS) is 15.9. The number of hydrogen-bond acceptors (Lipinski definition) is 6. The molecule has 1 aromatic rings. The molecule has 1 fully saturated rings. The van der Waals surface area contributed by atoms with E-state index in [1.165, 1.54) is 23.1 Å². The number of morpholine rings is 1. The average Bonchev–Trinajstić information content (AvgIpc) is 2.65. The van der Waals surface area contributed by atoms with Gasteiger partial charge in [0.2, 0.25) is 5.91 Å². The lowest BCUT2D eigenvalue weighted by Crippen LogP contribution is -2.56. The van der Waals surface area contributed by atoms with Crippen LogP contribution in [-0.2, 0) is 19.1 Å². The van der Waals surface area contributed by atoms with E-state index in [0.29, 0.717) is 13.1 Å². The first-order chi connectivity index (χ1) is 16.1. The van der Waals surface area contributed by atoms with Gasteiger partial charge >= 0.3 is 6.61 Å². The van der Waals surface area contributed by atoms with Gasteiger partial charge < -0.3 is 25.4 Å². The van der Waals surface area contributed by atoms with Crippen LogP contribution >= 0.6 is 0 Å². The Bertz CT molecular complexity index is 911. The minimum absolute atomic E-state index is 0.118. The SMILES string of the molecule is CC(C)(C)CN(CC(C)(C)C)[C@H](C(N)=O)C(=O)Nc1ccc(N2CCOCC2=O)c(OC(F)F)c1. The summed E-state index contributed by atoms with van der Waals surface area (Å²) in [6.45, 7) is 9.83. The molecule has 1 aromatic carbocycles. The molecule has 0 aromatic heterocycles. The molecular formula is C24H36F2N4O5. The average molecular weight is 499 g/mol. The number of halogens is 2. The summed E-state index contributed by atoms with van der Waals surface area (Å²) in [7, 11) is 0. The van der Waals surface area contributed by atoms with E-state index in [1.807, 2.05) is 41.5 Å². The molecule has 9 nitrogen and oxygen atoms in total. The molecule has 35 heavy (non-hydrogen) atoms. The van der Waals surface area contributed by atoms with Crippen molar-refractivity contribution in [3.8, 4) is 5.75 Å². The maximum Gasteiger partial charge on any atom is 0.387 e. The van der Waals surface area contributed by atoms with Crippen molar-refractivity contribution in [3.63, 3.8) is 0 Å². The van der Waals surface area contributed by atoms with E-state index in [0.717, 1.165) is 0 Å². The van der Waals surface area contributed by atoms with E-state index < -0.39 is 30.4 Å². The van der Waals surface area contributed by atoms with Crippen molar-refractivity contribution in [3.05, 3.63) is 18.2 Å². The highest BCUT2D eigenvalue weighted by molar-refractivity contribution is 6.09. The summed E-state index contributed by atoms with van der Waals surface area (Å²) in [6, 6.07) is 2.76. The Morgan fingerprint density at radius 3 is 2.26 bits per heavy atom. The topological polar surface area (TPSA) is 114 Å². The molecule has 1 atom stereocenters. The molecule has 196 valence electrons. The predicted octanol–water partition coefficient (Wildman–Crippen LogP) is 2.84. The molecule has 11 heteroatoms. The zero-order valence-corrected chi connectivity index (χ0v) is 21.2. The van der Waals surface area contributed by atoms with Crippen LogP contribution in [0.25, 0.3) is 0 Å². The van der Waals surface area contributed by atoms with Crippen molar-refractivity contribution in [2.45, 2.75) is 54.2 Å². The minimum Gasteiger partial charge on any atom is -0.433 e. The lowest BCUT2D eigenvalue weighted by molar-refractivity contribution is -0.133. The van der Waals surface area contributed by atoms with E-state index in [1.54, 1.807) is 4.90 Å². The number of primary amides is 1. The quantitative estimate of drug-likeness (QED) is 0.506. The van der Waals surface area contributed by atoms with Gasteiger partial charge in [0.15, 0.2) is 11.8 Å². The highest BCUT2D eigenvalue weighted by Gasteiger charge is 2.36. The molecule has 3 amide bonds. The van der Waals surface area contributed by atoms with Crippen molar-refractivity contribution in [1.82, 2.24) is 4.90 Å². The van der Waals surface area contributed by atoms with E-state index in [4.69, 9.17) is 10.5 Å². The molecule has 0 spiro atoms. The summed E-state index contributed by atoms with van der Waals surface area (Å²) in [4.78, 5) is 40.8. The maximum atomic E-state index is 13.2. The van der Waals surface area contributed by atoms with E-state index >= 15 is 0 Å². The number of nitrogens with zero attached hydrogens (tertiary/aromatic N) is 2. The van der Waals surface area contributed by atoms with Gasteiger partial charge in [0, 0.05) is 31.4 Å². The van der Waals surface area contributed by atoms with Crippen molar-refractivity contribution in [2.24, 2.45) is 16.6 Å². The second-order valence-corrected chi connectivity index (χ2v) is 11.0. The monoisotopic (exact) mass is 498 g/mol. The first-order valence-electron chi connectivity index (χ1n) is 11.4. The highest BCUT2D eigenvalue weighted by Crippen LogP contribution is 2.34. The number of ether oxygens (including phenoxy) is 2. The van der Waals surface area contributed by atoms with Crippen LogP contribution in [0.15, 0.2) is 18.2 Å². The van der Waals surface area contributed by atoms with Gasteiger partial charge in [0.1, 0.15) is 6.61 Å². The van der Waals surface area contributed by atoms with E-state index in [2.05, 4.69) is 10.1 Å². The standard InChI is InChI=1S/C24H36F2N4O5/c1-23(2,3)13-29(14-24(4,5)6)19(20(27)32)21(33)28-15-7-8-16(17(11-15)35-22(25)26)30-9-10-34-12-18(30)31/h7-8,11,19,22H,9-10,12-14H2,1-6H3,(H2,27,32)(H,28,33)/t19-/m1/s1. The summed E-state index contributed by atoms with van der Waals surface area (Å²) in [5, 5.41) is 2.60. The van der Waals surface area contributed by atoms with Gasteiger partial charge in [-0.3, -0.25) is 19.3 Å². The Labute approximate surface area is 204 Å². The number of amides is 3.